The molecule has 1 heterocycles. The third-order valence-electron chi connectivity index (χ3n) is 3.68. The summed E-state index contributed by atoms with van der Waals surface area (Å²) < 4.78 is 0. The minimum absolute atomic E-state index is 0.245. The summed E-state index contributed by atoms with van der Waals surface area (Å²) in [4.78, 5) is 2.27. The van der Waals surface area contributed by atoms with Gasteiger partial charge in [-0.25, -0.2) is 0 Å². The molecule has 1 aromatic carbocycles. The predicted octanol–water partition coefficient (Wildman–Crippen LogP) is 2.27. The van der Waals surface area contributed by atoms with Gasteiger partial charge < -0.3 is 10.0 Å². The van der Waals surface area contributed by atoms with Crippen molar-refractivity contribution in [2.75, 3.05) is 20.1 Å². The van der Waals surface area contributed by atoms with Crippen LogP contribution in [-0.4, -0.2) is 30.1 Å². The van der Waals surface area contributed by atoms with Crippen LogP contribution in [-0.2, 0) is 5.41 Å². The zero-order valence-corrected chi connectivity index (χ0v) is 10.2. The van der Waals surface area contributed by atoms with Gasteiger partial charge in [0.15, 0.2) is 0 Å². The Morgan fingerprint density at radius 3 is 2.88 bits per heavy atom. The minimum Gasteiger partial charge on any atom is -0.508 e. The first-order valence-electron chi connectivity index (χ1n) is 6.06. The number of phenols is 1. The molecule has 0 aliphatic carbocycles. The van der Waals surface area contributed by atoms with E-state index in [1.54, 1.807) is 12.1 Å². The monoisotopic (exact) mass is 230 g/mol. The molecule has 90 valence electrons. The second-order valence-corrected chi connectivity index (χ2v) is 4.90. The quantitative estimate of drug-likeness (QED) is 0.805. The number of nitrogens with zero attached hydrogens (tertiary/aromatic N) is 2. The molecule has 1 saturated heterocycles. The highest BCUT2D eigenvalue weighted by Gasteiger charge is 2.34. The third kappa shape index (κ3) is 2.42. The Kier molecular flexibility index (Phi) is 3.35. The highest BCUT2D eigenvalue weighted by Crippen LogP contribution is 2.35. The number of nitriles is 1. The summed E-state index contributed by atoms with van der Waals surface area (Å²) >= 11 is 0. The fourth-order valence-corrected chi connectivity index (χ4v) is 2.54. The van der Waals surface area contributed by atoms with Crippen molar-refractivity contribution in [2.45, 2.75) is 24.7 Å². The van der Waals surface area contributed by atoms with E-state index in [9.17, 15) is 10.4 Å². The van der Waals surface area contributed by atoms with Crippen molar-refractivity contribution in [2.24, 2.45) is 0 Å². The number of hydrogen-bond acceptors (Lipinski definition) is 3. The Hall–Kier alpha value is -1.53. The van der Waals surface area contributed by atoms with Gasteiger partial charge in [-0.2, -0.15) is 5.26 Å². The maximum atomic E-state index is 9.56. The lowest BCUT2D eigenvalue weighted by Gasteiger charge is -2.25. The van der Waals surface area contributed by atoms with Crippen LogP contribution in [0.5, 0.6) is 5.75 Å². The van der Waals surface area contributed by atoms with Crippen LogP contribution in [0.3, 0.4) is 0 Å². The van der Waals surface area contributed by atoms with Crippen LogP contribution >= 0.6 is 0 Å². The SMILES string of the molecule is CN1CCCC(C#N)(c2cccc(O)c2)CC1. The Morgan fingerprint density at radius 1 is 1.35 bits per heavy atom. The molecule has 1 aromatic rings. The molecule has 0 bridgehead atoms. The number of aromatic hydroxyl groups is 1. The molecular formula is C14H18N2O. The van der Waals surface area contributed by atoms with Crippen molar-refractivity contribution in [3.05, 3.63) is 29.8 Å². The first-order valence-corrected chi connectivity index (χ1v) is 6.06. The van der Waals surface area contributed by atoms with Crippen LogP contribution in [0, 0.1) is 11.3 Å². The van der Waals surface area contributed by atoms with Crippen molar-refractivity contribution >= 4 is 0 Å². The van der Waals surface area contributed by atoms with E-state index in [4.69, 9.17) is 0 Å². The molecule has 0 spiro atoms. The molecule has 1 N–H and O–H groups in total. The van der Waals surface area contributed by atoms with Crippen LogP contribution in [0.2, 0.25) is 0 Å². The van der Waals surface area contributed by atoms with Gasteiger partial charge >= 0.3 is 0 Å². The smallest absolute Gasteiger partial charge is 0.115 e. The topological polar surface area (TPSA) is 47.3 Å². The molecule has 1 unspecified atom stereocenters. The van der Waals surface area contributed by atoms with Crippen LogP contribution in [0.1, 0.15) is 24.8 Å². The number of benzene rings is 1. The fraction of sp³-hybridized carbons (Fsp3) is 0.500. The van der Waals surface area contributed by atoms with E-state index < -0.39 is 5.41 Å². The van der Waals surface area contributed by atoms with Gasteiger partial charge in [-0.15, -0.1) is 0 Å². The van der Waals surface area contributed by atoms with Crippen molar-refractivity contribution in [3.63, 3.8) is 0 Å². The van der Waals surface area contributed by atoms with Gasteiger partial charge in [-0.05, 0) is 57.1 Å². The maximum absolute atomic E-state index is 9.56. The Morgan fingerprint density at radius 2 is 2.18 bits per heavy atom. The van der Waals surface area contributed by atoms with E-state index in [1.807, 2.05) is 12.1 Å². The summed E-state index contributed by atoms with van der Waals surface area (Å²) in [6.07, 6.45) is 2.74. The molecule has 17 heavy (non-hydrogen) atoms. The summed E-state index contributed by atoms with van der Waals surface area (Å²) in [5.74, 6) is 0.245. The van der Waals surface area contributed by atoms with Gasteiger partial charge in [0, 0.05) is 0 Å². The van der Waals surface area contributed by atoms with Crippen molar-refractivity contribution in [3.8, 4) is 11.8 Å². The summed E-state index contributed by atoms with van der Waals surface area (Å²) in [6, 6.07) is 9.64. The number of hydrogen-bond donors (Lipinski definition) is 1. The first-order chi connectivity index (χ1) is 8.16. The first kappa shape index (κ1) is 11.9. The lowest BCUT2D eigenvalue weighted by atomic mass is 9.76. The lowest BCUT2D eigenvalue weighted by molar-refractivity contribution is 0.342. The molecule has 1 atom stereocenters. The van der Waals surface area contributed by atoms with E-state index in [1.165, 1.54) is 0 Å². The molecule has 3 heteroatoms. The Labute approximate surface area is 102 Å². The van der Waals surface area contributed by atoms with Crippen molar-refractivity contribution in [1.29, 1.82) is 5.26 Å². The van der Waals surface area contributed by atoms with Gasteiger partial charge in [0.05, 0.1) is 11.5 Å². The highest BCUT2D eigenvalue weighted by atomic mass is 16.3. The molecule has 0 saturated carbocycles. The van der Waals surface area contributed by atoms with Gasteiger partial charge in [-0.3, -0.25) is 0 Å². The van der Waals surface area contributed by atoms with Gasteiger partial charge in [0.1, 0.15) is 5.75 Å². The standard InChI is InChI=1S/C14H18N2O/c1-16-8-3-6-14(11-15,7-9-16)12-4-2-5-13(17)10-12/h2,4-5,10,17H,3,6-9H2,1H3. The molecule has 0 amide bonds. The summed E-state index contributed by atoms with van der Waals surface area (Å²) in [6.45, 7) is 1.98. The van der Waals surface area contributed by atoms with E-state index >= 15 is 0 Å². The van der Waals surface area contributed by atoms with E-state index in [0.717, 1.165) is 37.9 Å². The average molecular weight is 230 g/mol. The summed E-state index contributed by atoms with van der Waals surface area (Å²) in [7, 11) is 2.09. The fourth-order valence-electron chi connectivity index (χ4n) is 2.54. The Balaban J connectivity index is 2.34. The maximum Gasteiger partial charge on any atom is 0.115 e. The van der Waals surface area contributed by atoms with Crippen molar-refractivity contribution in [1.82, 2.24) is 4.90 Å². The zero-order chi connectivity index (χ0) is 12.3. The van der Waals surface area contributed by atoms with Crippen LogP contribution < -0.4 is 0 Å². The van der Waals surface area contributed by atoms with Gasteiger partial charge in [0.25, 0.3) is 0 Å². The van der Waals surface area contributed by atoms with Crippen molar-refractivity contribution < 1.29 is 5.11 Å². The van der Waals surface area contributed by atoms with E-state index in [2.05, 4.69) is 18.0 Å². The second kappa shape index (κ2) is 4.77. The van der Waals surface area contributed by atoms with Gasteiger partial charge in [0.2, 0.25) is 0 Å². The molecule has 1 aliphatic rings. The predicted molar refractivity (Wildman–Crippen MR) is 66.7 cm³/mol. The second-order valence-electron chi connectivity index (χ2n) is 4.90. The number of phenolic OH excluding ortho intramolecular Hbond substituents is 1. The van der Waals surface area contributed by atoms with Crippen LogP contribution in [0.25, 0.3) is 0 Å². The molecule has 1 fully saturated rings. The molecule has 0 aromatic heterocycles. The third-order valence-corrected chi connectivity index (χ3v) is 3.68. The van der Waals surface area contributed by atoms with Gasteiger partial charge in [-0.1, -0.05) is 12.1 Å². The molecule has 2 rings (SSSR count). The molecule has 0 radical (unpaired) electrons. The molecule has 3 nitrogen and oxygen atoms in total. The number of rotatable bonds is 1. The summed E-state index contributed by atoms with van der Waals surface area (Å²) in [5.41, 5.74) is 0.527. The van der Waals surface area contributed by atoms with Crippen LogP contribution in [0.15, 0.2) is 24.3 Å². The zero-order valence-electron chi connectivity index (χ0n) is 10.2. The molecule has 1 aliphatic heterocycles. The summed E-state index contributed by atoms with van der Waals surface area (Å²) in [5, 5.41) is 19.1. The van der Waals surface area contributed by atoms with E-state index in [-0.39, 0.29) is 5.75 Å². The Bertz CT molecular complexity index is 438. The van der Waals surface area contributed by atoms with E-state index in [0.29, 0.717) is 0 Å². The largest absolute Gasteiger partial charge is 0.508 e. The molecular weight excluding hydrogens is 212 g/mol. The highest BCUT2D eigenvalue weighted by molar-refractivity contribution is 5.37. The lowest BCUT2D eigenvalue weighted by Crippen LogP contribution is -2.26. The number of likely N-dealkylation sites (tertiary alicyclic amines) is 1. The normalized spacial score (nSPS) is 26.1. The minimum atomic E-state index is -0.427. The average Bonchev–Trinajstić information content (AvgIpc) is 2.52. The van der Waals surface area contributed by atoms with Crippen LogP contribution in [0.4, 0.5) is 0 Å².